The van der Waals surface area contributed by atoms with E-state index in [9.17, 15) is 9.59 Å². The molecule has 1 atom stereocenters. The predicted octanol–water partition coefficient (Wildman–Crippen LogP) is 1.30. The van der Waals surface area contributed by atoms with Crippen LogP contribution in [0.25, 0.3) is 0 Å². The van der Waals surface area contributed by atoms with E-state index >= 15 is 0 Å². The molecule has 0 saturated heterocycles. The lowest BCUT2D eigenvalue weighted by atomic mass is 10.1. The average Bonchev–Trinajstić information content (AvgIpc) is 3.11. The quantitative estimate of drug-likeness (QED) is 0.811. The van der Waals surface area contributed by atoms with Crippen molar-refractivity contribution in [2.75, 3.05) is 6.54 Å². The third-order valence-electron chi connectivity index (χ3n) is 3.37. The van der Waals surface area contributed by atoms with Crippen LogP contribution >= 0.6 is 0 Å². The van der Waals surface area contributed by atoms with E-state index in [0.29, 0.717) is 5.69 Å². The Bertz CT molecular complexity index is 479. The predicted molar refractivity (Wildman–Crippen MR) is 68.8 cm³/mol. The van der Waals surface area contributed by atoms with Crippen LogP contribution in [0.2, 0.25) is 0 Å². The molecule has 19 heavy (non-hydrogen) atoms. The van der Waals surface area contributed by atoms with Gasteiger partial charge in [-0.25, -0.2) is 0 Å². The van der Waals surface area contributed by atoms with E-state index in [-0.39, 0.29) is 18.5 Å². The van der Waals surface area contributed by atoms with Gasteiger partial charge >= 0.3 is 5.97 Å². The molecule has 1 amide bonds. The first-order valence-corrected chi connectivity index (χ1v) is 6.61. The van der Waals surface area contributed by atoms with Crippen LogP contribution in [0.3, 0.4) is 0 Å². The van der Waals surface area contributed by atoms with Gasteiger partial charge in [-0.3, -0.25) is 14.7 Å². The molecule has 0 bridgehead atoms. The van der Waals surface area contributed by atoms with Crippen LogP contribution in [-0.2, 0) is 11.2 Å². The van der Waals surface area contributed by atoms with Crippen molar-refractivity contribution in [3.8, 4) is 0 Å². The number of aromatic nitrogens is 2. The number of carboxylic acids is 1. The van der Waals surface area contributed by atoms with Gasteiger partial charge in [-0.15, -0.1) is 0 Å². The Hall–Kier alpha value is -1.85. The third kappa shape index (κ3) is 3.13. The number of hydrogen-bond acceptors (Lipinski definition) is 3. The molecule has 1 heterocycles. The summed E-state index contributed by atoms with van der Waals surface area (Å²) in [5, 5.41) is 15.8. The van der Waals surface area contributed by atoms with Crippen LogP contribution in [0, 0.1) is 5.92 Å². The largest absolute Gasteiger partial charge is 0.481 e. The second-order valence-corrected chi connectivity index (χ2v) is 5.06. The molecule has 1 unspecified atom stereocenters. The highest BCUT2D eigenvalue weighted by atomic mass is 16.4. The SMILES string of the molecule is CCc1cc(C(=O)N(CC(C)C(=O)O)C2CC2)n[nH]1. The molecule has 0 aliphatic heterocycles. The fraction of sp³-hybridized carbons (Fsp3) is 0.615. The first kappa shape index (κ1) is 13.6. The van der Waals surface area contributed by atoms with Gasteiger partial charge in [-0.05, 0) is 25.3 Å². The van der Waals surface area contributed by atoms with Crippen molar-refractivity contribution in [2.24, 2.45) is 5.92 Å². The smallest absolute Gasteiger partial charge is 0.308 e. The van der Waals surface area contributed by atoms with E-state index in [0.717, 1.165) is 25.0 Å². The number of aliphatic carboxylic acids is 1. The van der Waals surface area contributed by atoms with Crippen LogP contribution in [0.5, 0.6) is 0 Å². The zero-order chi connectivity index (χ0) is 14.0. The van der Waals surface area contributed by atoms with Crippen LogP contribution in [0.1, 0.15) is 42.9 Å². The summed E-state index contributed by atoms with van der Waals surface area (Å²) >= 11 is 0. The Morgan fingerprint density at radius 3 is 2.74 bits per heavy atom. The molecular formula is C13H19N3O3. The molecule has 1 fully saturated rings. The Morgan fingerprint density at radius 2 is 2.26 bits per heavy atom. The van der Waals surface area contributed by atoms with E-state index in [1.54, 1.807) is 17.9 Å². The third-order valence-corrected chi connectivity index (χ3v) is 3.37. The molecule has 1 aromatic rings. The number of aromatic amines is 1. The molecule has 1 aliphatic rings. The maximum absolute atomic E-state index is 12.4. The summed E-state index contributed by atoms with van der Waals surface area (Å²) in [4.78, 5) is 24.9. The van der Waals surface area contributed by atoms with E-state index in [1.807, 2.05) is 6.92 Å². The van der Waals surface area contributed by atoms with Crippen molar-refractivity contribution < 1.29 is 14.7 Å². The molecule has 1 aromatic heterocycles. The minimum Gasteiger partial charge on any atom is -0.481 e. The molecule has 2 N–H and O–H groups in total. The molecular weight excluding hydrogens is 246 g/mol. The van der Waals surface area contributed by atoms with Crippen LogP contribution < -0.4 is 0 Å². The lowest BCUT2D eigenvalue weighted by Crippen LogP contribution is -2.38. The molecule has 6 heteroatoms. The number of carboxylic acid groups (broad SMARTS) is 1. The zero-order valence-electron chi connectivity index (χ0n) is 11.2. The summed E-state index contributed by atoms with van der Waals surface area (Å²) in [6, 6.07) is 1.92. The number of H-pyrrole nitrogens is 1. The van der Waals surface area contributed by atoms with Crippen molar-refractivity contribution >= 4 is 11.9 Å². The monoisotopic (exact) mass is 265 g/mol. The average molecular weight is 265 g/mol. The maximum Gasteiger partial charge on any atom is 0.308 e. The van der Waals surface area contributed by atoms with Crippen molar-refractivity contribution in [3.05, 3.63) is 17.5 Å². The Kier molecular flexibility index (Phi) is 3.87. The summed E-state index contributed by atoms with van der Waals surface area (Å²) in [5.74, 6) is -1.62. The summed E-state index contributed by atoms with van der Waals surface area (Å²) in [7, 11) is 0. The first-order valence-electron chi connectivity index (χ1n) is 6.61. The summed E-state index contributed by atoms with van der Waals surface area (Å²) < 4.78 is 0. The highest BCUT2D eigenvalue weighted by Gasteiger charge is 2.35. The molecule has 6 nitrogen and oxygen atoms in total. The maximum atomic E-state index is 12.4. The summed E-state index contributed by atoms with van der Waals surface area (Å²) in [5.41, 5.74) is 1.28. The van der Waals surface area contributed by atoms with Crippen LogP contribution in [0.4, 0.5) is 0 Å². The highest BCUT2D eigenvalue weighted by molar-refractivity contribution is 5.93. The van der Waals surface area contributed by atoms with Gasteiger partial charge in [0.1, 0.15) is 5.69 Å². The van der Waals surface area contributed by atoms with Gasteiger partial charge < -0.3 is 10.0 Å². The van der Waals surface area contributed by atoms with Crippen molar-refractivity contribution in [1.82, 2.24) is 15.1 Å². The number of aryl methyl sites for hydroxylation is 1. The van der Waals surface area contributed by atoms with Crippen molar-refractivity contribution in [3.63, 3.8) is 0 Å². The van der Waals surface area contributed by atoms with Gasteiger partial charge in [-0.1, -0.05) is 13.8 Å². The van der Waals surface area contributed by atoms with Gasteiger partial charge in [0.15, 0.2) is 0 Å². The van der Waals surface area contributed by atoms with Gasteiger partial charge in [0.05, 0.1) is 5.92 Å². The topological polar surface area (TPSA) is 86.3 Å². The number of hydrogen-bond donors (Lipinski definition) is 2. The molecule has 0 aromatic carbocycles. The van der Waals surface area contributed by atoms with Crippen molar-refractivity contribution in [1.29, 1.82) is 0 Å². The lowest BCUT2D eigenvalue weighted by Gasteiger charge is -2.23. The molecule has 1 saturated carbocycles. The molecule has 104 valence electrons. The molecule has 2 rings (SSSR count). The fourth-order valence-electron chi connectivity index (χ4n) is 1.96. The normalized spacial score (nSPS) is 16.1. The van der Waals surface area contributed by atoms with E-state index in [4.69, 9.17) is 5.11 Å². The van der Waals surface area contributed by atoms with Crippen LogP contribution in [0.15, 0.2) is 6.07 Å². The minimum absolute atomic E-state index is 0.174. The number of nitrogens with one attached hydrogen (secondary N) is 1. The van der Waals surface area contributed by atoms with E-state index in [2.05, 4.69) is 10.2 Å². The zero-order valence-corrected chi connectivity index (χ0v) is 11.2. The standard InChI is InChI=1S/C13H19N3O3/c1-3-9-6-11(15-14-9)12(17)16(10-4-5-10)7-8(2)13(18)19/h6,8,10H,3-5,7H2,1-2H3,(H,14,15)(H,18,19). The highest BCUT2D eigenvalue weighted by Crippen LogP contribution is 2.29. The Balaban J connectivity index is 2.10. The Morgan fingerprint density at radius 1 is 1.58 bits per heavy atom. The second-order valence-electron chi connectivity index (χ2n) is 5.06. The van der Waals surface area contributed by atoms with Gasteiger partial charge in [0, 0.05) is 18.3 Å². The molecule has 0 radical (unpaired) electrons. The Labute approximate surface area is 111 Å². The first-order chi connectivity index (χ1) is 9.02. The van der Waals surface area contributed by atoms with Crippen LogP contribution in [-0.4, -0.2) is 44.7 Å². The van der Waals surface area contributed by atoms with Gasteiger partial charge in [0.2, 0.25) is 0 Å². The van der Waals surface area contributed by atoms with Gasteiger partial charge in [0.25, 0.3) is 5.91 Å². The molecule has 0 spiro atoms. The second kappa shape index (κ2) is 5.42. The number of amides is 1. The van der Waals surface area contributed by atoms with Gasteiger partial charge in [-0.2, -0.15) is 5.10 Å². The number of carbonyl (C=O) groups excluding carboxylic acids is 1. The molecule has 1 aliphatic carbocycles. The minimum atomic E-state index is -0.880. The van der Waals surface area contributed by atoms with Crippen molar-refractivity contribution in [2.45, 2.75) is 39.2 Å². The number of carbonyl (C=O) groups is 2. The number of rotatable bonds is 6. The summed E-state index contributed by atoms with van der Waals surface area (Å²) in [6.07, 6.45) is 2.68. The van der Waals surface area contributed by atoms with E-state index in [1.165, 1.54) is 0 Å². The number of nitrogens with zero attached hydrogens (tertiary/aromatic N) is 2. The fourth-order valence-corrected chi connectivity index (χ4v) is 1.96. The lowest BCUT2D eigenvalue weighted by molar-refractivity contribution is -0.141. The van der Waals surface area contributed by atoms with E-state index < -0.39 is 11.9 Å². The summed E-state index contributed by atoms with van der Waals surface area (Å²) in [6.45, 7) is 3.84.